The Morgan fingerprint density at radius 3 is 2.80 bits per heavy atom. The third-order valence-electron chi connectivity index (χ3n) is 2.63. The largest absolute Gasteiger partial charge is 0.303 e. The lowest BCUT2D eigenvalue weighted by molar-refractivity contribution is -0.112. The van der Waals surface area contributed by atoms with Crippen LogP contribution in [0.3, 0.4) is 0 Å². The number of carbonyl (C=O) groups excluding carboxylic acids is 1. The van der Waals surface area contributed by atoms with Gasteiger partial charge in [0, 0.05) is 5.41 Å². The molecule has 0 aromatic carbocycles. The molecule has 0 heterocycles. The lowest BCUT2D eigenvalue weighted by Gasteiger charge is -1.98. The van der Waals surface area contributed by atoms with Crippen molar-refractivity contribution in [3.63, 3.8) is 0 Å². The number of rotatable bonds is 4. The van der Waals surface area contributed by atoms with Crippen LogP contribution in [0.4, 0.5) is 0 Å². The molecule has 0 amide bonds. The lowest BCUT2D eigenvalue weighted by Crippen LogP contribution is -1.98. The van der Waals surface area contributed by atoms with Crippen molar-refractivity contribution in [2.75, 3.05) is 0 Å². The van der Waals surface area contributed by atoms with E-state index in [0.29, 0.717) is 5.92 Å². The van der Waals surface area contributed by atoms with Crippen molar-refractivity contribution in [3.8, 4) is 0 Å². The van der Waals surface area contributed by atoms with E-state index in [2.05, 4.69) is 13.8 Å². The molecule has 1 nitrogen and oxygen atoms in total. The Kier molecular flexibility index (Phi) is 2.12. The van der Waals surface area contributed by atoms with Gasteiger partial charge in [-0.1, -0.05) is 26.7 Å². The number of aldehydes is 1. The van der Waals surface area contributed by atoms with Crippen LogP contribution in [0.25, 0.3) is 0 Å². The van der Waals surface area contributed by atoms with Gasteiger partial charge in [0.2, 0.25) is 0 Å². The molecular weight excluding hydrogens is 124 g/mol. The van der Waals surface area contributed by atoms with Gasteiger partial charge in [0.15, 0.2) is 0 Å². The summed E-state index contributed by atoms with van der Waals surface area (Å²) in [4.78, 5) is 10.5. The Bertz CT molecular complexity index is 131. The van der Waals surface area contributed by atoms with E-state index in [4.69, 9.17) is 0 Å². The monoisotopic (exact) mass is 140 g/mol. The maximum absolute atomic E-state index is 10.5. The molecule has 1 heteroatoms. The number of carbonyl (C=O) groups is 1. The highest BCUT2D eigenvalue weighted by Gasteiger charge is 2.48. The first kappa shape index (κ1) is 7.77. The number of hydrogen-bond acceptors (Lipinski definition) is 1. The van der Waals surface area contributed by atoms with E-state index < -0.39 is 0 Å². The van der Waals surface area contributed by atoms with Crippen LogP contribution in [0, 0.1) is 11.3 Å². The van der Waals surface area contributed by atoms with Crippen molar-refractivity contribution in [3.05, 3.63) is 0 Å². The van der Waals surface area contributed by atoms with E-state index in [0.717, 1.165) is 12.7 Å². The molecule has 0 saturated heterocycles. The molecule has 0 aromatic heterocycles. The van der Waals surface area contributed by atoms with Gasteiger partial charge >= 0.3 is 0 Å². The Morgan fingerprint density at radius 2 is 2.40 bits per heavy atom. The maximum Gasteiger partial charge on any atom is 0.126 e. The average Bonchev–Trinajstić information content (AvgIpc) is 2.59. The number of hydrogen-bond donors (Lipinski definition) is 0. The van der Waals surface area contributed by atoms with Gasteiger partial charge in [-0.3, -0.25) is 0 Å². The first-order valence-corrected chi connectivity index (χ1v) is 4.19. The van der Waals surface area contributed by atoms with Gasteiger partial charge in [0.05, 0.1) is 0 Å². The molecule has 2 atom stereocenters. The molecule has 0 bridgehead atoms. The van der Waals surface area contributed by atoms with Crippen molar-refractivity contribution in [1.82, 2.24) is 0 Å². The van der Waals surface area contributed by atoms with Crippen LogP contribution in [0.2, 0.25) is 0 Å². The summed E-state index contributed by atoms with van der Waals surface area (Å²) in [5.41, 5.74) is 0.0785. The lowest BCUT2D eigenvalue weighted by atomic mass is 10.1. The Morgan fingerprint density at radius 1 is 1.70 bits per heavy atom. The third kappa shape index (κ3) is 1.39. The smallest absolute Gasteiger partial charge is 0.126 e. The van der Waals surface area contributed by atoms with E-state index in [-0.39, 0.29) is 5.41 Å². The molecule has 10 heavy (non-hydrogen) atoms. The third-order valence-corrected chi connectivity index (χ3v) is 2.63. The predicted molar refractivity (Wildman–Crippen MR) is 41.8 cm³/mol. The van der Waals surface area contributed by atoms with E-state index in [1.165, 1.54) is 19.3 Å². The minimum absolute atomic E-state index is 0.0785. The van der Waals surface area contributed by atoms with Crippen molar-refractivity contribution in [2.24, 2.45) is 11.3 Å². The Labute approximate surface area is 62.8 Å². The highest BCUT2D eigenvalue weighted by molar-refractivity contribution is 5.63. The second kappa shape index (κ2) is 2.73. The summed E-state index contributed by atoms with van der Waals surface area (Å²) in [6, 6.07) is 0. The zero-order chi connectivity index (χ0) is 7.61. The van der Waals surface area contributed by atoms with Crippen LogP contribution >= 0.6 is 0 Å². The molecule has 1 aliphatic carbocycles. The van der Waals surface area contributed by atoms with Crippen LogP contribution in [0.1, 0.15) is 39.5 Å². The van der Waals surface area contributed by atoms with Gasteiger partial charge in [-0.25, -0.2) is 0 Å². The van der Waals surface area contributed by atoms with Gasteiger partial charge in [0.25, 0.3) is 0 Å². The quantitative estimate of drug-likeness (QED) is 0.548. The molecule has 0 unspecified atom stereocenters. The molecule has 0 spiro atoms. The molecular formula is C9H16O. The summed E-state index contributed by atoms with van der Waals surface area (Å²) >= 11 is 0. The fourth-order valence-corrected chi connectivity index (χ4v) is 1.50. The molecule has 1 fully saturated rings. The van der Waals surface area contributed by atoms with Crippen LogP contribution < -0.4 is 0 Å². The van der Waals surface area contributed by atoms with E-state index in [9.17, 15) is 4.79 Å². The van der Waals surface area contributed by atoms with Gasteiger partial charge in [-0.2, -0.15) is 0 Å². The van der Waals surface area contributed by atoms with Gasteiger partial charge in [-0.05, 0) is 18.8 Å². The first-order chi connectivity index (χ1) is 4.73. The van der Waals surface area contributed by atoms with Gasteiger partial charge in [-0.15, -0.1) is 0 Å². The van der Waals surface area contributed by atoms with E-state index >= 15 is 0 Å². The summed E-state index contributed by atoms with van der Waals surface area (Å²) in [5, 5.41) is 0. The molecule has 1 rings (SSSR count). The molecule has 0 N–H and O–H groups in total. The molecule has 1 aliphatic rings. The Hall–Kier alpha value is -0.330. The average molecular weight is 140 g/mol. The summed E-state index contributed by atoms with van der Waals surface area (Å²) < 4.78 is 0. The van der Waals surface area contributed by atoms with Crippen molar-refractivity contribution in [1.29, 1.82) is 0 Å². The second-order valence-corrected chi connectivity index (χ2v) is 3.67. The van der Waals surface area contributed by atoms with Crippen LogP contribution in [-0.4, -0.2) is 6.29 Å². The fourth-order valence-electron chi connectivity index (χ4n) is 1.50. The van der Waals surface area contributed by atoms with Crippen molar-refractivity contribution in [2.45, 2.75) is 39.5 Å². The van der Waals surface area contributed by atoms with Crippen molar-refractivity contribution >= 4 is 6.29 Å². The standard InChI is InChI=1S/C9H16O/c1-3-4-5-8-6-9(8,2)7-10/h7-8H,3-6H2,1-2H3/t8-,9+/m0/s1. The molecule has 0 aliphatic heterocycles. The predicted octanol–water partition coefficient (Wildman–Crippen LogP) is 2.40. The maximum atomic E-state index is 10.5. The Balaban J connectivity index is 2.18. The highest BCUT2D eigenvalue weighted by atomic mass is 16.1. The molecule has 0 aromatic rings. The topological polar surface area (TPSA) is 17.1 Å². The van der Waals surface area contributed by atoms with Crippen LogP contribution in [-0.2, 0) is 4.79 Å². The fraction of sp³-hybridized carbons (Fsp3) is 0.889. The zero-order valence-corrected chi connectivity index (χ0v) is 6.89. The van der Waals surface area contributed by atoms with E-state index in [1.807, 2.05) is 0 Å². The normalized spacial score (nSPS) is 37.6. The highest BCUT2D eigenvalue weighted by Crippen LogP contribution is 2.52. The second-order valence-electron chi connectivity index (χ2n) is 3.67. The molecule has 0 radical (unpaired) electrons. The summed E-state index contributed by atoms with van der Waals surface area (Å²) in [6.07, 6.45) is 6.06. The first-order valence-electron chi connectivity index (χ1n) is 4.19. The van der Waals surface area contributed by atoms with Gasteiger partial charge in [0.1, 0.15) is 6.29 Å². The minimum Gasteiger partial charge on any atom is -0.303 e. The SMILES string of the molecule is CCCC[C@H]1C[C@]1(C)C=O. The van der Waals surface area contributed by atoms with Crippen LogP contribution in [0.15, 0.2) is 0 Å². The summed E-state index contributed by atoms with van der Waals surface area (Å²) in [5.74, 6) is 0.713. The summed E-state index contributed by atoms with van der Waals surface area (Å²) in [7, 11) is 0. The van der Waals surface area contributed by atoms with Crippen molar-refractivity contribution < 1.29 is 4.79 Å². The molecule has 1 saturated carbocycles. The van der Waals surface area contributed by atoms with Crippen LogP contribution in [0.5, 0.6) is 0 Å². The zero-order valence-electron chi connectivity index (χ0n) is 6.89. The summed E-state index contributed by atoms with van der Waals surface area (Å²) in [6.45, 7) is 4.26. The van der Waals surface area contributed by atoms with Gasteiger partial charge < -0.3 is 4.79 Å². The minimum atomic E-state index is 0.0785. The number of unbranched alkanes of at least 4 members (excludes halogenated alkanes) is 1. The molecule has 58 valence electrons. The van der Waals surface area contributed by atoms with E-state index in [1.54, 1.807) is 0 Å².